The van der Waals surface area contributed by atoms with E-state index in [1.54, 1.807) is 0 Å². The maximum absolute atomic E-state index is 12.2. The number of carbonyl (C=O) groups is 2. The third kappa shape index (κ3) is 3.46. The summed E-state index contributed by atoms with van der Waals surface area (Å²) in [5.41, 5.74) is 0.723. The van der Waals surface area contributed by atoms with Crippen LogP contribution in [-0.2, 0) is 9.59 Å². The van der Waals surface area contributed by atoms with Crippen LogP contribution in [0.2, 0.25) is 0 Å². The van der Waals surface area contributed by atoms with Gasteiger partial charge in [-0.3, -0.25) is 9.59 Å². The van der Waals surface area contributed by atoms with Crippen molar-refractivity contribution < 1.29 is 14.7 Å². The van der Waals surface area contributed by atoms with Crippen LogP contribution in [0.1, 0.15) is 19.8 Å². The smallest absolute Gasteiger partial charge is 0.307 e. The number of rotatable bonds is 3. The fourth-order valence-electron chi connectivity index (χ4n) is 2.66. The molecule has 3 atom stereocenters. The van der Waals surface area contributed by atoms with Gasteiger partial charge in [-0.2, -0.15) is 0 Å². The molecule has 0 spiro atoms. The zero-order valence-corrected chi connectivity index (χ0v) is 12.8. The number of benzene rings is 1. The zero-order chi connectivity index (χ0) is 14.0. The van der Waals surface area contributed by atoms with E-state index in [1.165, 1.54) is 0 Å². The first-order valence-electron chi connectivity index (χ1n) is 6.26. The molecule has 1 amide bonds. The molecule has 2 rings (SSSR count). The number of nitrogens with one attached hydrogen (secondary N) is 1. The number of carboxylic acids is 1. The van der Waals surface area contributed by atoms with E-state index < -0.39 is 17.8 Å². The molecule has 4 nitrogen and oxygen atoms in total. The van der Waals surface area contributed by atoms with E-state index in [0.29, 0.717) is 12.8 Å². The Bertz CT molecular complexity index is 503. The quantitative estimate of drug-likeness (QED) is 0.801. The summed E-state index contributed by atoms with van der Waals surface area (Å²) in [4.78, 5) is 23.4. The lowest BCUT2D eigenvalue weighted by atomic mass is 9.95. The minimum Gasteiger partial charge on any atom is -0.481 e. The third-order valence-corrected chi connectivity index (χ3v) is 4.22. The topological polar surface area (TPSA) is 66.4 Å². The molecule has 0 aliphatic heterocycles. The molecule has 0 aromatic heterocycles. The summed E-state index contributed by atoms with van der Waals surface area (Å²) in [6.45, 7) is 1.99. The first kappa shape index (κ1) is 14.3. The van der Waals surface area contributed by atoms with Crippen LogP contribution in [0.5, 0.6) is 0 Å². The highest BCUT2D eigenvalue weighted by atomic mass is 127. The predicted molar refractivity (Wildman–Crippen MR) is 80.8 cm³/mol. The molecule has 102 valence electrons. The van der Waals surface area contributed by atoms with E-state index in [4.69, 9.17) is 0 Å². The number of hydrogen-bond donors (Lipinski definition) is 2. The molecule has 0 heterocycles. The lowest BCUT2D eigenvalue weighted by molar-refractivity contribution is -0.145. The average molecular weight is 373 g/mol. The molecule has 1 aliphatic rings. The van der Waals surface area contributed by atoms with Crippen LogP contribution in [0.15, 0.2) is 24.3 Å². The van der Waals surface area contributed by atoms with Gasteiger partial charge in [-0.15, -0.1) is 0 Å². The van der Waals surface area contributed by atoms with Crippen LogP contribution in [0.25, 0.3) is 0 Å². The van der Waals surface area contributed by atoms with E-state index in [0.717, 1.165) is 9.26 Å². The number of aliphatic carboxylic acids is 1. The van der Waals surface area contributed by atoms with Gasteiger partial charge < -0.3 is 10.4 Å². The lowest BCUT2D eigenvalue weighted by Crippen LogP contribution is -2.30. The molecular formula is C14H16INO3. The Labute approximate surface area is 125 Å². The van der Waals surface area contributed by atoms with E-state index >= 15 is 0 Å². The average Bonchev–Trinajstić information content (AvgIpc) is 2.71. The summed E-state index contributed by atoms with van der Waals surface area (Å²) in [5.74, 6) is -1.75. The Kier molecular flexibility index (Phi) is 4.44. The Morgan fingerprint density at radius 2 is 2.00 bits per heavy atom. The number of amides is 1. The van der Waals surface area contributed by atoms with Crippen LogP contribution in [0, 0.1) is 21.3 Å². The third-order valence-electron chi connectivity index (χ3n) is 3.54. The minimum absolute atomic E-state index is 0.182. The second-order valence-electron chi connectivity index (χ2n) is 5.13. The number of halogens is 1. The van der Waals surface area contributed by atoms with Crippen LogP contribution >= 0.6 is 22.6 Å². The molecule has 1 saturated carbocycles. The van der Waals surface area contributed by atoms with Gasteiger partial charge in [0.15, 0.2) is 0 Å². The minimum atomic E-state index is -0.868. The number of hydrogen-bond acceptors (Lipinski definition) is 2. The predicted octanol–water partition coefficient (Wildman–Crippen LogP) is 2.98. The van der Waals surface area contributed by atoms with Gasteiger partial charge in [0.25, 0.3) is 0 Å². The van der Waals surface area contributed by atoms with E-state index in [2.05, 4.69) is 27.9 Å². The summed E-state index contributed by atoms with van der Waals surface area (Å²) in [6.07, 6.45) is 1.23. The van der Waals surface area contributed by atoms with Crippen LogP contribution in [0.3, 0.4) is 0 Å². The maximum atomic E-state index is 12.2. The summed E-state index contributed by atoms with van der Waals surface area (Å²) in [6, 6.07) is 7.48. The number of carboxylic acid groups (broad SMARTS) is 1. The highest BCUT2D eigenvalue weighted by Crippen LogP contribution is 2.37. The molecule has 1 unspecified atom stereocenters. The molecule has 1 fully saturated rings. The second-order valence-corrected chi connectivity index (χ2v) is 6.37. The van der Waals surface area contributed by atoms with Gasteiger partial charge in [0, 0.05) is 9.26 Å². The lowest BCUT2D eigenvalue weighted by Gasteiger charge is -2.15. The highest BCUT2D eigenvalue weighted by Gasteiger charge is 2.41. The standard InChI is InChI=1S/C14H16INO3/c1-8-5-11(12(6-8)14(18)19)13(17)16-10-4-2-3-9(15)7-10/h2-4,7-8,11-12H,5-6H2,1H3,(H,16,17)(H,18,19)/t8?,11-,12+/m0/s1. The first-order valence-corrected chi connectivity index (χ1v) is 7.34. The summed E-state index contributed by atoms with van der Waals surface area (Å²) in [7, 11) is 0. The normalized spacial score (nSPS) is 26.1. The highest BCUT2D eigenvalue weighted by molar-refractivity contribution is 14.1. The van der Waals surface area contributed by atoms with Crippen molar-refractivity contribution in [2.75, 3.05) is 5.32 Å². The van der Waals surface area contributed by atoms with Crippen LogP contribution in [-0.4, -0.2) is 17.0 Å². The molecule has 0 saturated heterocycles. The van der Waals surface area contributed by atoms with Crippen molar-refractivity contribution in [2.24, 2.45) is 17.8 Å². The van der Waals surface area contributed by atoms with Crippen molar-refractivity contribution >= 4 is 40.2 Å². The molecule has 0 bridgehead atoms. The van der Waals surface area contributed by atoms with Crippen molar-refractivity contribution in [3.05, 3.63) is 27.8 Å². The summed E-state index contributed by atoms with van der Waals surface area (Å²) < 4.78 is 1.03. The molecule has 1 aliphatic carbocycles. The second kappa shape index (κ2) is 5.90. The van der Waals surface area contributed by atoms with Crippen molar-refractivity contribution in [1.82, 2.24) is 0 Å². The van der Waals surface area contributed by atoms with Crippen LogP contribution < -0.4 is 5.32 Å². The monoisotopic (exact) mass is 373 g/mol. The number of anilines is 1. The Morgan fingerprint density at radius 3 is 2.63 bits per heavy atom. The van der Waals surface area contributed by atoms with E-state index in [1.807, 2.05) is 31.2 Å². The Balaban J connectivity index is 2.09. The molecule has 2 N–H and O–H groups in total. The van der Waals surface area contributed by atoms with Crippen LogP contribution in [0.4, 0.5) is 5.69 Å². The molecular weight excluding hydrogens is 357 g/mol. The van der Waals surface area contributed by atoms with Crippen molar-refractivity contribution in [1.29, 1.82) is 0 Å². The summed E-state index contributed by atoms with van der Waals surface area (Å²) >= 11 is 2.17. The van der Waals surface area contributed by atoms with Gasteiger partial charge in [-0.25, -0.2) is 0 Å². The van der Waals surface area contributed by atoms with Gasteiger partial charge in [0.2, 0.25) is 5.91 Å². The van der Waals surface area contributed by atoms with Crippen molar-refractivity contribution in [3.63, 3.8) is 0 Å². The summed E-state index contributed by atoms with van der Waals surface area (Å²) in [5, 5.41) is 12.0. The Morgan fingerprint density at radius 1 is 1.32 bits per heavy atom. The van der Waals surface area contributed by atoms with Gasteiger partial charge in [-0.1, -0.05) is 13.0 Å². The molecule has 5 heteroatoms. The first-order chi connectivity index (χ1) is 8.97. The van der Waals surface area contributed by atoms with Gasteiger partial charge in [-0.05, 0) is 59.5 Å². The number of carbonyl (C=O) groups excluding carboxylic acids is 1. The van der Waals surface area contributed by atoms with Gasteiger partial charge >= 0.3 is 5.97 Å². The largest absolute Gasteiger partial charge is 0.481 e. The molecule has 1 aromatic carbocycles. The fourth-order valence-corrected chi connectivity index (χ4v) is 3.20. The van der Waals surface area contributed by atoms with Gasteiger partial charge in [0.05, 0.1) is 11.8 Å². The van der Waals surface area contributed by atoms with Gasteiger partial charge in [0.1, 0.15) is 0 Å². The molecule has 1 aromatic rings. The molecule has 19 heavy (non-hydrogen) atoms. The molecule has 0 radical (unpaired) electrons. The fraction of sp³-hybridized carbons (Fsp3) is 0.429. The van der Waals surface area contributed by atoms with Crippen molar-refractivity contribution in [3.8, 4) is 0 Å². The van der Waals surface area contributed by atoms with E-state index in [9.17, 15) is 14.7 Å². The SMILES string of the molecule is CC1C[C@H](C(=O)Nc2cccc(I)c2)[C@H](C(=O)O)C1. The maximum Gasteiger partial charge on any atom is 0.307 e. The Hall–Kier alpha value is -1.11. The van der Waals surface area contributed by atoms with E-state index in [-0.39, 0.29) is 11.8 Å². The van der Waals surface area contributed by atoms with Crippen molar-refractivity contribution in [2.45, 2.75) is 19.8 Å². The zero-order valence-electron chi connectivity index (χ0n) is 10.6.